The minimum Gasteiger partial charge on any atom is -0.335 e. The summed E-state index contributed by atoms with van der Waals surface area (Å²) in [5, 5.41) is 0. The first-order chi connectivity index (χ1) is 38.6. The minimum absolute atomic E-state index is 0. The predicted molar refractivity (Wildman–Crippen MR) is 346 cm³/mol. The fraction of sp³-hybridized carbons (Fsp3) is 0.526. The van der Waals surface area contributed by atoms with E-state index in [1.165, 1.54) is 262 Å². The zero-order chi connectivity index (χ0) is 55.5. The number of unbranched alkanes of at least 4 members (excludes halogenated alkanes) is 27. The number of aryl methyl sites for hydroxylation is 3. The summed E-state index contributed by atoms with van der Waals surface area (Å²) in [4.78, 5) is 0. The van der Waals surface area contributed by atoms with Crippen LogP contribution < -0.4 is 0 Å². The van der Waals surface area contributed by atoms with Gasteiger partial charge in [0.2, 0.25) is 0 Å². The Morgan fingerprint density at radius 1 is 0.266 bits per heavy atom. The molecule has 0 aliphatic carbocycles. The van der Waals surface area contributed by atoms with Crippen LogP contribution in [-0.2, 0) is 60.2 Å². The van der Waals surface area contributed by atoms with Crippen LogP contribution in [0, 0.1) is 24.6 Å². The van der Waals surface area contributed by atoms with Crippen LogP contribution in [0.25, 0.3) is 0 Å². The maximum Gasteiger partial charge on any atom is 4.00 e. The molecule has 0 spiro atoms. The molecule has 79 heavy (non-hydrogen) atoms. The van der Waals surface area contributed by atoms with Gasteiger partial charge < -0.3 is 6.42 Å². The normalized spacial score (nSPS) is 10.6. The van der Waals surface area contributed by atoms with Crippen molar-refractivity contribution in [2.24, 2.45) is 0 Å². The van der Waals surface area contributed by atoms with E-state index in [1.54, 1.807) is 0 Å². The first-order valence-electron chi connectivity index (χ1n) is 32.4. The molecule has 1 heteroatoms. The summed E-state index contributed by atoms with van der Waals surface area (Å²) in [5.74, 6) is 0. The summed E-state index contributed by atoms with van der Waals surface area (Å²) in [6.07, 6.45) is 50.7. The number of hydrogen-bond donors (Lipinski definition) is 0. The summed E-state index contributed by atoms with van der Waals surface area (Å²) in [5.41, 5.74) is 12.8. The number of benzene rings is 6. The molecular formula is C78H112Ti. The quantitative estimate of drug-likeness (QED) is 0.0205. The molecule has 0 heterocycles. The third kappa shape index (κ3) is 37.6. The largest absolute Gasteiger partial charge is 4.00 e. The standard InChI is InChI=1S/3C25H35.C3H7.Ti/c3*1-2-3-4-5-6-7-8-9-10-14-19-24-20-15-16-21-25(24)22-23-17-12-11-13-18-23;1-3-2;/h3*11-13,15-18,20H,2-10,14,19,22H2,1H3;3H,1-2H3;/q4*-1;+4. The van der Waals surface area contributed by atoms with E-state index in [1.807, 2.05) is 20.3 Å². The van der Waals surface area contributed by atoms with Crippen molar-refractivity contribution >= 4 is 0 Å². The minimum atomic E-state index is 0. The van der Waals surface area contributed by atoms with Crippen molar-refractivity contribution in [1.82, 2.24) is 0 Å². The fourth-order valence-electron chi connectivity index (χ4n) is 10.5. The predicted octanol–water partition coefficient (Wildman–Crippen LogP) is 23.9. The van der Waals surface area contributed by atoms with Gasteiger partial charge in [-0.05, 0) is 36.0 Å². The average molecular weight is 1100 g/mol. The van der Waals surface area contributed by atoms with E-state index in [0.29, 0.717) is 0 Å². The third-order valence-corrected chi connectivity index (χ3v) is 15.2. The summed E-state index contributed by atoms with van der Waals surface area (Å²) < 4.78 is 0. The molecule has 428 valence electrons. The van der Waals surface area contributed by atoms with Crippen LogP contribution in [-0.4, -0.2) is 0 Å². The van der Waals surface area contributed by atoms with Gasteiger partial charge in [0.15, 0.2) is 0 Å². The van der Waals surface area contributed by atoms with E-state index >= 15 is 0 Å². The van der Waals surface area contributed by atoms with E-state index in [9.17, 15) is 0 Å². The maximum atomic E-state index is 3.47. The molecule has 6 rings (SSSR count). The Labute approximate surface area is 504 Å². The Balaban J connectivity index is 0.000000392. The molecule has 0 bridgehead atoms. The first-order valence-corrected chi connectivity index (χ1v) is 32.4. The van der Waals surface area contributed by atoms with Gasteiger partial charge in [0.1, 0.15) is 0 Å². The van der Waals surface area contributed by atoms with E-state index < -0.39 is 0 Å². The van der Waals surface area contributed by atoms with E-state index in [4.69, 9.17) is 0 Å². The van der Waals surface area contributed by atoms with E-state index in [2.05, 4.69) is 185 Å². The van der Waals surface area contributed by atoms with Crippen LogP contribution in [0.1, 0.15) is 277 Å². The Hall–Kier alpha value is -3.97. The molecule has 0 unspecified atom stereocenters. The fourth-order valence-corrected chi connectivity index (χ4v) is 10.5. The molecular weight excluding hydrogens is 985 g/mol. The monoisotopic (exact) mass is 1100 g/mol. The second kappa shape index (κ2) is 52.1. The van der Waals surface area contributed by atoms with E-state index in [0.717, 1.165) is 19.3 Å². The van der Waals surface area contributed by atoms with Crippen molar-refractivity contribution in [3.05, 3.63) is 220 Å². The second-order valence-electron chi connectivity index (χ2n) is 22.4. The zero-order valence-corrected chi connectivity index (χ0v) is 53.0. The molecule has 0 N–H and O–H groups in total. The summed E-state index contributed by atoms with van der Waals surface area (Å²) in [6.45, 7) is 10.9. The van der Waals surface area contributed by atoms with Crippen molar-refractivity contribution in [1.29, 1.82) is 0 Å². The smallest absolute Gasteiger partial charge is 0.335 e. The topological polar surface area (TPSA) is 0 Å². The molecule has 0 aliphatic rings. The van der Waals surface area contributed by atoms with Gasteiger partial charge in [-0.3, -0.25) is 0 Å². The molecule has 0 fully saturated rings. The molecule has 0 atom stereocenters. The van der Waals surface area contributed by atoms with Crippen LogP contribution in [0.4, 0.5) is 0 Å². The molecule has 0 aliphatic heterocycles. The third-order valence-electron chi connectivity index (χ3n) is 15.2. The number of hydrogen-bond acceptors (Lipinski definition) is 0. The molecule has 6 aromatic rings. The van der Waals surface area contributed by atoms with Crippen LogP contribution in [0.5, 0.6) is 0 Å². The summed E-state index contributed by atoms with van der Waals surface area (Å²) in [6, 6.07) is 62.2. The van der Waals surface area contributed by atoms with Crippen molar-refractivity contribution < 1.29 is 21.7 Å². The number of rotatable bonds is 39. The molecule has 0 aromatic heterocycles. The van der Waals surface area contributed by atoms with Gasteiger partial charge >= 0.3 is 21.7 Å². The Morgan fingerprint density at radius 2 is 0.468 bits per heavy atom. The van der Waals surface area contributed by atoms with Gasteiger partial charge in [-0.15, -0.1) is 0 Å². The average Bonchev–Trinajstić information content (AvgIpc) is 3.47. The van der Waals surface area contributed by atoms with Crippen LogP contribution in [0.2, 0.25) is 0 Å². The van der Waals surface area contributed by atoms with Gasteiger partial charge in [-0.25, -0.2) is 0 Å². The van der Waals surface area contributed by atoms with Crippen molar-refractivity contribution in [2.75, 3.05) is 0 Å². The zero-order valence-electron chi connectivity index (χ0n) is 51.4. The van der Waals surface area contributed by atoms with Crippen LogP contribution in [0.3, 0.4) is 0 Å². The molecule has 6 aromatic carbocycles. The van der Waals surface area contributed by atoms with Gasteiger partial charge in [0.25, 0.3) is 0 Å². The Morgan fingerprint density at radius 3 is 0.684 bits per heavy atom. The first kappa shape index (κ1) is 71.1. The summed E-state index contributed by atoms with van der Waals surface area (Å²) in [7, 11) is 0. The Bertz CT molecular complexity index is 1940. The van der Waals surface area contributed by atoms with Crippen molar-refractivity contribution in [3.8, 4) is 0 Å². The van der Waals surface area contributed by atoms with Crippen LogP contribution in [0.15, 0.2) is 146 Å². The second-order valence-corrected chi connectivity index (χ2v) is 22.4. The molecule has 0 saturated heterocycles. The summed E-state index contributed by atoms with van der Waals surface area (Å²) >= 11 is 0. The van der Waals surface area contributed by atoms with Crippen molar-refractivity contribution in [2.45, 2.75) is 266 Å². The molecule has 0 radical (unpaired) electrons. The maximum absolute atomic E-state index is 3.47. The van der Waals surface area contributed by atoms with Gasteiger partial charge in [0, 0.05) is 0 Å². The van der Waals surface area contributed by atoms with Gasteiger partial charge in [-0.1, -0.05) is 324 Å². The van der Waals surface area contributed by atoms with Gasteiger partial charge in [0.05, 0.1) is 0 Å². The van der Waals surface area contributed by atoms with E-state index in [-0.39, 0.29) is 21.7 Å². The molecule has 0 nitrogen and oxygen atoms in total. The molecule has 0 amide bonds. The van der Waals surface area contributed by atoms with Crippen LogP contribution >= 0.6 is 0 Å². The SMILES string of the molecule is CCCCCCCCCCCCc1ccc[c-]c1Cc1ccccc1.CCCCCCCCCCCCc1ccc[c-]c1Cc1ccccc1.CCCCCCCCCCCCc1ccc[c-]c1Cc1ccccc1.C[CH-]C.[Ti+4]. The molecule has 0 saturated carbocycles. The van der Waals surface area contributed by atoms with Crippen molar-refractivity contribution in [3.63, 3.8) is 0 Å². The Kier molecular flexibility index (Phi) is 46.9. The van der Waals surface area contributed by atoms with Gasteiger partial charge in [-0.2, -0.15) is 120 Å².